The van der Waals surface area contributed by atoms with Gasteiger partial charge in [-0.1, -0.05) is 12.5 Å². The van der Waals surface area contributed by atoms with Gasteiger partial charge in [-0.15, -0.1) is 0 Å². The molecule has 4 heteroatoms. The second kappa shape index (κ2) is 5.78. The molecule has 0 amide bonds. The van der Waals surface area contributed by atoms with Crippen molar-refractivity contribution in [2.24, 2.45) is 5.73 Å². The summed E-state index contributed by atoms with van der Waals surface area (Å²) in [6.07, 6.45) is 3.08. The van der Waals surface area contributed by atoms with Gasteiger partial charge < -0.3 is 5.73 Å². The van der Waals surface area contributed by atoms with Crippen LogP contribution in [0.1, 0.15) is 51.6 Å². The zero-order valence-corrected chi connectivity index (χ0v) is 12.5. The highest BCUT2D eigenvalue weighted by atomic mass is 19.2. The number of hydrogen-bond acceptors (Lipinski definition) is 2. The highest BCUT2D eigenvalue weighted by Crippen LogP contribution is 2.35. The first-order valence-electron chi connectivity index (χ1n) is 7.28. The molecule has 1 aliphatic rings. The topological polar surface area (TPSA) is 29.3 Å². The summed E-state index contributed by atoms with van der Waals surface area (Å²) in [5.74, 6) is -1.61. The molecule has 0 bridgehead atoms. The molecule has 1 aromatic rings. The Hall–Kier alpha value is -1.00. The van der Waals surface area contributed by atoms with Gasteiger partial charge in [0.15, 0.2) is 11.6 Å². The van der Waals surface area contributed by atoms with Gasteiger partial charge >= 0.3 is 0 Å². The molecule has 0 spiro atoms. The molecule has 0 radical (unpaired) electrons. The predicted molar refractivity (Wildman–Crippen MR) is 77.4 cm³/mol. The molecular weight excluding hydrogens is 258 g/mol. The number of benzene rings is 1. The Kier molecular flexibility index (Phi) is 4.45. The Morgan fingerprint density at radius 1 is 1.15 bits per heavy atom. The van der Waals surface area contributed by atoms with E-state index >= 15 is 0 Å². The largest absolute Gasteiger partial charge is 0.326 e. The van der Waals surface area contributed by atoms with E-state index in [4.69, 9.17) is 5.73 Å². The molecule has 0 saturated carbocycles. The summed E-state index contributed by atoms with van der Waals surface area (Å²) in [7, 11) is 0. The minimum absolute atomic E-state index is 0.0541. The molecule has 2 unspecified atom stereocenters. The number of likely N-dealkylation sites (tertiary alicyclic amines) is 1. The van der Waals surface area contributed by atoms with Gasteiger partial charge in [0.1, 0.15) is 0 Å². The highest BCUT2D eigenvalue weighted by molar-refractivity contribution is 5.24. The third kappa shape index (κ3) is 3.18. The fourth-order valence-electron chi connectivity index (χ4n) is 3.07. The molecular formula is C16H24F2N2. The normalized spacial score (nSPS) is 25.5. The first-order valence-corrected chi connectivity index (χ1v) is 7.28. The lowest BCUT2D eigenvalue weighted by Gasteiger charge is -2.43. The van der Waals surface area contributed by atoms with Crippen LogP contribution in [0.5, 0.6) is 0 Å². The molecule has 1 aliphatic heterocycles. The van der Waals surface area contributed by atoms with Crippen LogP contribution >= 0.6 is 0 Å². The molecule has 0 aromatic heterocycles. The first kappa shape index (κ1) is 15.4. The molecule has 2 rings (SSSR count). The summed E-state index contributed by atoms with van der Waals surface area (Å²) < 4.78 is 26.7. The molecule has 1 heterocycles. The maximum absolute atomic E-state index is 13.6. The molecule has 0 aliphatic carbocycles. The number of halogens is 2. The lowest BCUT2D eigenvalue weighted by atomic mass is 9.92. The van der Waals surface area contributed by atoms with Gasteiger partial charge in [0.25, 0.3) is 0 Å². The van der Waals surface area contributed by atoms with E-state index in [1.54, 1.807) is 6.07 Å². The van der Waals surface area contributed by atoms with Gasteiger partial charge in [0, 0.05) is 11.6 Å². The number of nitrogens with zero attached hydrogens (tertiary/aromatic N) is 1. The van der Waals surface area contributed by atoms with Crippen molar-refractivity contribution in [3.63, 3.8) is 0 Å². The van der Waals surface area contributed by atoms with Crippen molar-refractivity contribution in [2.45, 2.75) is 57.7 Å². The van der Waals surface area contributed by atoms with Crippen LogP contribution in [0.2, 0.25) is 0 Å². The SMILES string of the molecule is CC(C)(C)N1CCCCC(N)C1c1ccc(F)c(F)c1. The van der Waals surface area contributed by atoms with Crippen molar-refractivity contribution < 1.29 is 8.78 Å². The Bertz CT molecular complexity index is 468. The van der Waals surface area contributed by atoms with Crippen molar-refractivity contribution in [3.8, 4) is 0 Å². The van der Waals surface area contributed by atoms with E-state index in [2.05, 4.69) is 25.7 Å². The average Bonchev–Trinajstić information content (AvgIpc) is 2.54. The number of hydrogen-bond donors (Lipinski definition) is 1. The molecule has 2 atom stereocenters. The molecule has 112 valence electrons. The summed E-state index contributed by atoms with van der Waals surface area (Å²) in [6, 6.07) is 4.04. The summed E-state index contributed by atoms with van der Waals surface area (Å²) in [5, 5.41) is 0. The number of rotatable bonds is 1. The van der Waals surface area contributed by atoms with Crippen LogP contribution in [-0.2, 0) is 0 Å². The lowest BCUT2D eigenvalue weighted by molar-refractivity contribution is 0.0753. The molecule has 1 fully saturated rings. The predicted octanol–water partition coefficient (Wildman–Crippen LogP) is 3.62. The van der Waals surface area contributed by atoms with Gasteiger partial charge in [0.05, 0.1) is 6.04 Å². The van der Waals surface area contributed by atoms with Crippen LogP contribution in [-0.4, -0.2) is 23.0 Å². The van der Waals surface area contributed by atoms with E-state index < -0.39 is 11.6 Å². The van der Waals surface area contributed by atoms with Crippen LogP contribution in [0, 0.1) is 11.6 Å². The summed E-state index contributed by atoms with van der Waals surface area (Å²) in [5.41, 5.74) is 7.04. The van der Waals surface area contributed by atoms with Crippen molar-refractivity contribution in [3.05, 3.63) is 35.4 Å². The van der Waals surface area contributed by atoms with Gasteiger partial charge in [0.2, 0.25) is 0 Å². The maximum Gasteiger partial charge on any atom is 0.159 e. The highest BCUT2D eigenvalue weighted by Gasteiger charge is 2.35. The molecule has 1 aromatic carbocycles. The van der Waals surface area contributed by atoms with E-state index in [1.165, 1.54) is 12.1 Å². The van der Waals surface area contributed by atoms with Crippen LogP contribution in [0.3, 0.4) is 0 Å². The second-order valence-corrected chi connectivity index (χ2v) is 6.64. The number of nitrogens with two attached hydrogens (primary N) is 1. The van der Waals surface area contributed by atoms with E-state index in [9.17, 15) is 8.78 Å². The van der Waals surface area contributed by atoms with E-state index in [-0.39, 0.29) is 17.6 Å². The lowest BCUT2D eigenvalue weighted by Crippen LogP contribution is -2.49. The Morgan fingerprint density at radius 3 is 2.45 bits per heavy atom. The van der Waals surface area contributed by atoms with Gasteiger partial charge in [-0.25, -0.2) is 8.78 Å². The molecule has 1 saturated heterocycles. The quantitative estimate of drug-likeness (QED) is 0.852. The minimum Gasteiger partial charge on any atom is -0.326 e. The average molecular weight is 282 g/mol. The summed E-state index contributed by atoms with van der Waals surface area (Å²) in [4.78, 5) is 2.32. The Morgan fingerprint density at radius 2 is 1.85 bits per heavy atom. The third-order valence-electron chi connectivity index (χ3n) is 4.07. The Balaban J connectivity index is 2.42. The van der Waals surface area contributed by atoms with E-state index in [0.29, 0.717) is 0 Å². The first-order chi connectivity index (χ1) is 9.30. The standard InChI is InChI=1S/C16H24F2N2/c1-16(2,3)20-9-5-4-6-14(19)15(20)11-7-8-12(17)13(18)10-11/h7-8,10,14-15H,4-6,9,19H2,1-3H3. The fourth-order valence-corrected chi connectivity index (χ4v) is 3.07. The van der Waals surface area contributed by atoms with Gasteiger partial charge in [-0.05, 0) is 57.9 Å². The zero-order chi connectivity index (χ0) is 14.9. The van der Waals surface area contributed by atoms with E-state index in [0.717, 1.165) is 31.4 Å². The minimum atomic E-state index is -0.807. The smallest absolute Gasteiger partial charge is 0.159 e. The van der Waals surface area contributed by atoms with E-state index in [1.807, 2.05) is 0 Å². The van der Waals surface area contributed by atoms with Crippen LogP contribution in [0.4, 0.5) is 8.78 Å². The fraction of sp³-hybridized carbons (Fsp3) is 0.625. The van der Waals surface area contributed by atoms with Crippen molar-refractivity contribution in [1.29, 1.82) is 0 Å². The van der Waals surface area contributed by atoms with Crippen molar-refractivity contribution >= 4 is 0 Å². The maximum atomic E-state index is 13.6. The zero-order valence-electron chi connectivity index (χ0n) is 12.5. The molecule has 20 heavy (non-hydrogen) atoms. The van der Waals surface area contributed by atoms with Crippen LogP contribution < -0.4 is 5.73 Å². The summed E-state index contributed by atoms with van der Waals surface area (Å²) in [6.45, 7) is 7.34. The van der Waals surface area contributed by atoms with Gasteiger partial charge in [-0.3, -0.25) is 4.90 Å². The second-order valence-electron chi connectivity index (χ2n) is 6.64. The monoisotopic (exact) mass is 282 g/mol. The molecule has 2 N–H and O–H groups in total. The third-order valence-corrected chi connectivity index (χ3v) is 4.07. The Labute approximate surface area is 120 Å². The van der Waals surface area contributed by atoms with Crippen molar-refractivity contribution in [1.82, 2.24) is 4.90 Å². The van der Waals surface area contributed by atoms with Gasteiger partial charge in [-0.2, -0.15) is 0 Å². The van der Waals surface area contributed by atoms with Crippen molar-refractivity contribution in [2.75, 3.05) is 6.54 Å². The summed E-state index contributed by atoms with van der Waals surface area (Å²) >= 11 is 0. The van der Waals surface area contributed by atoms with Crippen LogP contribution in [0.25, 0.3) is 0 Å². The molecule has 2 nitrogen and oxygen atoms in total. The van der Waals surface area contributed by atoms with Crippen LogP contribution in [0.15, 0.2) is 18.2 Å².